The maximum absolute atomic E-state index is 13.7. The summed E-state index contributed by atoms with van der Waals surface area (Å²) in [5.74, 6) is -2.06. The van der Waals surface area contributed by atoms with Gasteiger partial charge in [-0.2, -0.15) is 15.0 Å². The van der Waals surface area contributed by atoms with Gasteiger partial charge in [0.05, 0.1) is 74.7 Å². The number of carbonyl (C=O) groups is 6. The molecular formula is C82H73N13O30. The molecule has 0 saturated carbocycles. The lowest BCUT2D eigenvalue weighted by Gasteiger charge is -2.49. The van der Waals surface area contributed by atoms with Crippen LogP contribution in [-0.4, -0.2) is 163 Å². The van der Waals surface area contributed by atoms with Crippen LogP contribution in [0.2, 0.25) is 0 Å². The number of nitrogens with one attached hydrogen (secondary N) is 2. The Morgan fingerprint density at radius 3 is 0.680 bits per heavy atom. The molecule has 0 radical (unpaired) electrons. The molecule has 0 unspecified atom stereocenters. The van der Waals surface area contributed by atoms with Crippen molar-refractivity contribution in [2.24, 2.45) is 0 Å². The zero-order valence-corrected chi connectivity index (χ0v) is 65.5. The van der Waals surface area contributed by atoms with Crippen LogP contribution in [-0.2, 0) is 34.0 Å². The fraction of sp³-hybridized carbons (Fsp3) is 0.232. The molecule has 43 nitrogen and oxygen atoms in total. The zero-order valence-electron chi connectivity index (χ0n) is 65.5. The molecule has 1 fully saturated rings. The van der Waals surface area contributed by atoms with Gasteiger partial charge in [-0.25, -0.2) is 28.8 Å². The van der Waals surface area contributed by atoms with Gasteiger partial charge < -0.3 is 72.4 Å². The lowest BCUT2D eigenvalue weighted by molar-refractivity contribution is -0.385. The van der Waals surface area contributed by atoms with Crippen molar-refractivity contribution in [1.82, 2.24) is 19.9 Å². The normalized spacial score (nSPS) is 12.0. The third-order valence-electron chi connectivity index (χ3n) is 19.3. The average molecular weight is 1720 g/mol. The van der Waals surface area contributed by atoms with Crippen LogP contribution in [0.3, 0.4) is 0 Å². The molecule has 1 aliphatic heterocycles. The molecule has 646 valence electrons. The largest absolute Gasteiger partial charge is 0.513 e. The average Bonchev–Trinajstić information content (AvgIpc) is 0.733. The van der Waals surface area contributed by atoms with E-state index in [0.717, 1.165) is 162 Å². The van der Waals surface area contributed by atoms with Crippen molar-refractivity contribution in [3.63, 3.8) is 0 Å². The van der Waals surface area contributed by atoms with E-state index in [2.05, 4.69) is 15.5 Å². The van der Waals surface area contributed by atoms with E-state index in [9.17, 15) is 89.5 Å². The molecule has 2 N–H and O–H groups in total. The van der Waals surface area contributed by atoms with Gasteiger partial charge in [0.2, 0.25) is 17.8 Å². The van der Waals surface area contributed by atoms with Crippen molar-refractivity contribution in [3.05, 3.63) is 314 Å². The SMILES string of the molecule is O=C(OCCC(CCOC(=O)Oc1ccc([N+](=O)[O-])cc1)(CCOC(=O)Oc1ccc([N+](=O)[O-])cc1)Nc1nc(NC(CCOC(=O)Oc2ccc([N+](=O)[O-])cc2)(CCOC(=O)Oc2ccc([N+](=O)[O-])cc2)CCOC(=O)Oc2ccc([N+](=O)[O-])cc2)nc(N2CCN(C(c3ccccc3)(c3ccccc3)c3ccccc3)CC2)n1)Oc1ccc([N+](=O)[O-])cc1. The highest BCUT2D eigenvalue weighted by Crippen LogP contribution is 2.44. The van der Waals surface area contributed by atoms with Crippen LogP contribution < -0.4 is 44.0 Å². The minimum atomic E-state index is -1.84. The van der Waals surface area contributed by atoms with E-state index in [1.807, 2.05) is 91.0 Å². The number of carbonyl (C=O) groups excluding carboxylic acids is 6. The standard InChI is InChI=1S/C82H73N13O30/c96-74(120-65-28-16-59(17-29-65)90(102)103)114-50-40-80(41-51-115-75(97)121-66-30-18-60(19-31-66)91(104)105,42-52-116-76(98)122-67-32-20-61(21-33-67)92(106)107)86-71-83-72(85-73(84-71)88-46-48-89(49-47-88)82(56-10-4-1-5-11-56,57-12-6-2-7-13-57)58-14-8-3-9-15-58)87-81(43-53-117-77(99)123-68-34-22-62(23-35-68)93(108)109,44-54-118-78(100)124-69-36-24-63(25-37-69)94(110)111)45-55-119-79(101)125-70-38-26-64(27-39-70)95(112)113/h1-39H,40-55H2,(H2,83,84,85,86,87). The number of ether oxygens (including phenoxy) is 12. The fourth-order valence-electron chi connectivity index (χ4n) is 13.1. The predicted octanol–water partition coefficient (Wildman–Crippen LogP) is 15.4. The van der Waals surface area contributed by atoms with Crippen molar-refractivity contribution in [2.75, 3.05) is 81.4 Å². The van der Waals surface area contributed by atoms with E-state index < -0.39 is 173 Å². The second-order valence-electron chi connectivity index (χ2n) is 27.1. The number of aromatic nitrogens is 3. The predicted molar refractivity (Wildman–Crippen MR) is 434 cm³/mol. The van der Waals surface area contributed by atoms with Crippen LogP contribution in [0.1, 0.15) is 55.2 Å². The maximum Gasteiger partial charge on any atom is 0.513 e. The number of hydrogen-bond donors (Lipinski definition) is 2. The summed E-state index contributed by atoms with van der Waals surface area (Å²) in [5, 5.41) is 75.8. The summed E-state index contributed by atoms with van der Waals surface area (Å²) >= 11 is 0. The maximum atomic E-state index is 13.7. The topological polar surface area (TPSA) is 541 Å². The highest BCUT2D eigenvalue weighted by atomic mass is 16.8. The first-order valence-electron chi connectivity index (χ1n) is 37.7. The number of anilines is 3. The van der Waals surface area contributed by atoms with E-state index in [1.54, 1.807) is 4.90 Å². The molecule has 9 aromatic carbocycles. The number of nitro benzene ring substituents is 6. The van der Waals surface area contributed by atoms with E-state index in [0.29, 0.717) is 0 Å². The number of hydrogen-bond acceptors (Lipinski definition) is 37. The number of rotatable bonds is 39. The first kappa shape index (κ1) is 89.2. The highest BCUT2D eigenvalue weighted by Gasteiger charge is 2.44. The van der Waals surface area contributed by atoms with Gasteiger partial charge in [-0.05, 0) is 89.5 Å². The first-order chi connectivity index (χ1) is 60.2. The minimum absolute atomic E-state index is 0.111. The highest BCUT2D eigenvalue weighted by molar-refractivity contribution is 5.68. The molecule has 125 heavy (non-hydrogen) atoms. The van der Waals surface area contributed by atoms with Crippen molar-refractivity contribution < 1.29 is 115 Å². The molecule has 0 spiro atoms. The number of benzene rings is 9. The Bertz CT molecular complexity index is 4730. The molecule has 2 heterocycles. The Kier molecular flexibility index (Phi) is 30.2. The molecule has 10 aromatic rings. The minimum Gasteiger partial charge on any atom is -0.434 e. The Labute approximate surface area is 706 Å². The van der Waals surface area contributed by atoms with Gasteiger partial charge in [0.25, 0.3) is 34.1 Å². The second-order valence-corrected chi connectivity index (χ2v) is 27.1. The summed E-state index contributed by atoms with van der Waals surface area (Å²) in [4.78, 5) is 166. The van der Waals surface area contributed by atoms with E-state index >= 15 is 0 Å². The van der Waals surface area contributed by atoms with Crippen molar-refractivity contribution in [1.29, 1.82) is 0 Å². The van der Waals surface area contributed by atoms with Gasteiger partial charge in [0.1, 0.15) is 34.5 Å². The molecule has 0 aliphatic carbocycles. The van der Waals surface area contributed by atoms with Gasteiger partial charge >= 0.3 is 36.9 Å². The lowest BCUT2D eigenvalue weighted by atomic mass is 9.75. The van der Waals surface area contributed by atoms with Gasteiger partial charge in [0, 0.05) is 149 Å². The molecular weight excluding hydrogens is 1650 g/mol. The molecule has 11 rings (SSSR count). The van der Waals surface area contributed by atoms with E-state index in [-0.39, 0.29) is 101 Å². The third kappa shape index (κ3) is 25.2. The van der Waals surface area contributed by atoms with Crippen molar-refractivity contribution >= 4 is 88.9 Å². The second kappa shape index (κ2) is 42.3. The monoisotopic (exact) mass is 1720 g/mol. The lowest BCUT2D eigenvalue weighted by Crippen LogP contribution is -2.57. The number of nitrogens with zero attached hydrogens (tertiary/aromatic N) is 11. The smallest absolute Gasteiger partial charge is 0.434 e. The molecule has 1 aromatic heterocycles. The van der Waals surface area contributed by atoms with Gasteiger partial charge in [-0.3, -0.25) is 65.6 Å². The van der Waals surface area contributed by atoms with E-state index in [4.69, 9.17) is 71.8 Å². The molecule has 1 aliphatic rings. The quantitative estimate of drug-likeness (QED) is 0.00902. The first-order valence-corrected chi connectivity index (χ1v) is 37.7. The molecule has 0 bridgehead atoms. The van der Waals surface area contributed by atoms with Gasteiger partial charge in [-0.15, -0.1) is 0 Å². The zero-order chi connectivity index (χ0) is 88.9. The molecule has 43 heteroatoms. The summed E-state index contributed by atoms with van der Waals surface area (Å²) in [6.07, 6.45) is -10.8. The number of nitro groups is 6. The summed E-state index contributed by atoms with van der Waals surface area (Å²) in [5.41, 5.74) is -3.99. The number of piperazine rings is 1. The molecule has 0 amide bonds. The number of non-ortho nitro benzene ring substituents is 6. The summed E-state index contributed by atoms with van der Waals surface area (Å²) in [6, 6.07) is 55.6. The Morgan fingerprint density at radius 1 is 0.288 bits per heavy atom. The Morgan fingerprint density at radius 2 is 0.488 bits per heavy atom. The van der Waals surface area contributed by atoms with Gasteiger partial charge in [-0.1, -0.05) is 91.0 Å². The van der Waals surface area contributed by atoms with Crippen LogP contribution in [0.4, 0.5) is 80.7 Å². The van der Waals surface area contributed by atoms with Crippen LogP contribution in [0.15, 0.2) is 237 Å². The van der Waals surface area contributed by atoms with Crippen LogP contribution in [0, 0.1) is 60.7 Å². The van der Waals surface area contributed by atoms with Crippen molar-refractivity contribution in [3.8, 4) is 34.5 Å². The Hall–Kier alpha value is -16.6. The van der Waals surface area contributed by atoms with E-state index in [1.165, 1.54) is 0 Å². The summed E-state index contributed by atoms with van der Waals surface area (Å²) in [6.45, 7) is -3.22. The third-order valence-corrected chi connectivity index (χ3v) is 19.3. The Balaban J connectivity index is 1.02. The fourth-order valence-corrected chi connectivity index (χ4v) is 13.1. The van der Waals surface area contributed by atoms with Crippen LogP contribution in [0.25, 0.3) is 0 Å². The van der Waals surface area contributed by atoms with Crippen LogP contribution in [0.5, 0.6) is 34.5 Å². The summed E-state index contributed by atoms with van der Waals surface area (Å²) < 4.78 is 66.2. The van der Waals surface area contributed by atoms with Crippen LogP contribution >= 0.6 is 0 Å². The molecule has 1 saturated heterocycles. The molecule has 0 atom stereocenters. The van der Waals surface area contributed by atoms with Gasteiger partial charge in [0.15, 0.2) is 0 Å². The van der Waals surface area contributed by atoms with Crippen molar-refractivity contribution in [2.45, 2.75) is 55.1 Å². The summed E-state index contributed by atoms with van der Waals surface area (Å²) in [7, 11) is 0.